The monoisotopic (exact) mass is 447 g/mol. The van der Waals surface area contributed by atoms with Crippen LogP contribution in [0.3, 0.4) is 0 Å². The van der Waals surface area contributed by atoms with Gasteiger partial charge in [0.15, 0.2) is 11.0 Å². The van der Waals surface area contributed by atoms with Crippen molar-refractivity contribution >= 4 is 44.4 Å². The van der Waals surface area contributed by atoms with Crippen molar-refractivity contribution in [2.75, 3.05) is 0 Å². The van der Waals surface area contributed by atoms with Crippen molar-refractivity contribution in [3.8, 4) is 0 Å². The van der Waals surface area contributed by atoms with Gasteiger partial charge in [-0.1, -0.05) is 38.1 Å². The van der Waals surface area contributed by atoms with Gasteiger partial charge in [0, 0.05) is 5.41 Å². The van der Waals surface area contributed by atoms with Crippen molar-refractivity contribution in [2.45, 2.75) is 66.3 Å². The molecule has 4 heterocycles. The van der Waals surface area contributed by atoms with Gasteiger partial charge in [0.2, 0.25) is 0 Å². The molecule has 0 amide bonds. The van der Waals surface area contributed by atoms with Crippen molar-refractivity contribution in [3.63, 3.8) is 0 Å². The number of para-hydroxylation sites is 2. The highest BCUT2D eigenvalue weighted by Crippen LogP contribution is 2.47. The average molecular weight is 448 g/mol. The zero-order valence-electron chi connectivity index (χ0n) is 21.3. The Morgan fingerprint density at radius 3 is 2.18 bits per heavy atom. The zero-order valence-corrected chi connectivity index (χ0v) is 21.3. The highest BCUT2D eigenvalue weighted by Gasteiger charge is 2.51. The second-order valence-corrected chi connectivity index (χ2v) is 11.3. The van der Waals surface area contributed by atoms with E-state index in [1.54, 1.807) is 0 Å². The first-order chi connectivity index (χ1) is 16.1. The van der Waals surface area contributed by atoms with E-state index in [0.717, 1.165) is 11.3 Å². The van der Waals surface area contributed by atoms with Crippen LogP contribution in [0.25, 0.3) is 44.4 Å². The lowest BCUT2D eigenvalue weighted by molar-refractivity contribution is -0.723. The van der Waals surface area contributed by atoms with Gasteiger partial charge in [0.1, 0.15) is 5.54 Å². The molecule has 4 nitrogen and oxygen atoms in total. The van der Waals surface area contributed by atoms with Crippen LogP contribution in [0.4, 0.5) is 0 Å². The summed E-state index contributed by atoms with van der Waals surface area (Å²) >= 11 is 0. The largest absolute Gasteiger partial charge is 0.312 e. The van der Waals surface area contributed by atoms with E-state index < -0.39 is 0 Å². The standard InChI is InChI=1S/C30H31N4/c1-16-17(2)19(4)26-25(18(16)3)31-28-32(26)23-15-11-12-20-24(23)27-33(28)21-13-9-10-14-22(21)34(27)30(7,8)29(20,5)6/h9-15H,1-8H3/q+1. The summed E-state index contributed by atoms with van der Waals surface area (Å²) in [5, 5.41) is 1.34. The maximum absolute atomic E-state index is 5.37. The molecule has 4 heteroatoms. The first-order valence-electron chi connectivity index (χ1n) is 12.3. The minimum Gasteiger partial charge on any atom is -0.257 e. The van der Waals surface area contributed by atoms with E-state index in [4.69, 9.17) is 4.98 Å². The highest BCUT2D eigenvalue weighted by atomic mass is 15.3. The zero-order chi connectivity index (χ0) is 23.9. The Morgan fingerprint density at radius 1 is 0.735 bits per heavy atom. The second-order valence-electron chi connectivity index (χ2n) is 11.3. The first-order valence-corrected chi connectivity index (χ1v) is 12.3. The van der Waals surface area contributed by atoms with E-state index in [0.29, 0.717) is 0 Å². The smallest absolute Gasteiger partial charge is 0.257 e. The van der Waals surface area contributed by atoms with Gasteiger partial charge in [-0.05, 0) is 87.6 Å². The Morgan fingerprint density at radius 2 is 1.41 bits per heavy atom. The summed E-state index contributed by atoms with van der Waals surface area (Å²) in [5.41, 5.74) is 13.8. The van der Waals surface area contributed by atoms with Gasteiger partial charge in [-0.15, -0.1) is 0 Å². The van der Waals surface area contributed by atoms with E-state index in [2.05, 4.69) is 111 Å². The van der Waals surface area contributed by atoms with Crippen LogP contribution in [0.15, 0.2) is 42.5 Å². The lowest BCUT2D eigenvalue weighted by Crippen LogP contribution is -2.64. The van der Waals surface area contributed by atoms with E-state index in [1.165, 1.54) is 60.9 Å². The summed E-state index contributed by atoms with van der Waals surface area (Å²) in [5.74, 6) is 0.997. The van der Waals surface area contributed by atoms with Crippen molar-refractivity contribution in [2.24, 2.45) is 0 Å². The van der Waals surface area contributed by atoms with E-state index >= 15 is 0 Å². The Kier molecular flexibility index (Phi) is 3.42. The van der Waals surface area contributed by atoms with Gasteiger partial charge >= 0.3 is 11.4 Å². The fraction of sp³-hybridized carbons (Fsp3) is 0.333. The average Bonchev–Trinajstić information content (AvgIpc) is 3.37. The van der Waals surface area contributed by atoms with E-state index in [-0.39, 0.29) is 11.0 Å². The molecule has 3 aromatic carbocycles. The van der Waals surface area contributed by atoms with Crippen molar-refractivity contribution in [3.05, 3.63) is 70.3 Å². The van der Waals surface area contributed by atoms with Crippen LogP contribution < -0.4 is 4.57 Å². The molecule has 3 aromatic heterocycles. The van der Waals surface area contributed by atoms with Gasteiger partial charge in [0.25, 0.3) is 0 Å². The number of rotatable bonds is 0. The Hall–Kier alpha value is -3.40. The van der Waals surface area contributed by atoms with Crippen molar-refractivity contribution in [1.82, 2.24) is 13.8 Å². The van der Waals surface area contributed by atoms with Crippen LogP contribution in [0.5, 0.6) is 0 Å². The van der Waals surface area contributed by atoms with Crippen molar-refractivity contribution in [1.29, 1.82) is 0 Å². The number of imidazole rings is 2. The molecule has 0 atom stereocenters. The number of hydrogen-bond donors (Lipinski definition) is 0. The van der Waals surface area contributed by atoms with Crippen LogP contribution in [-0.2, 0) is 11.0 Å². The molecule has 1 aliphatic heterocycles. The Bertz CT molecular complexity index is 1890. The molecule has 0 radical (unpaired) electrons. The van der Waals surface area contributed by atoms with E-state index in [9.17, 15) is 0 Å². The first kappa shape index (κ1) is 20.0. The second kappa shape index (κ2) is 5.80. The molecule has 0 fully saturated rings. The summed E-state index contributed by atoms with van der Waals surface area (Å²) in [6.07, 6.45) is 0. The molecular weight excluding hydrogens is 416 g/mol. The lowest BCUT2D eigenvalue weighted by atomic mass is 9.67. The van der Waals surface area contributed by atoms with E-state index in [1.807, 2.05) is 0 Å². The third-order valence-electron chi connectivity index (χ3n) is 9.51. The predicted octanol–water partition coefficient (Wildman–Crippen LogP) is 6.59. The van der Waals surface area contributed by atoms with Gasteiger partial charge in [-0.25, -0.2) is 4.57 Å². The minimum atomic E-state index is -0.119. The van der Waals surface area contributed by atoms with Crippen LogP contribution in [0.2, 0.25) is 0 Å². The molecule has 7 rings (SSSR count). The lowest BCUT2D eigenvalue weighted by Gasteiger charge is -2.42. The summed E-state index contributed by atoms with van der Waals surface area (Å²) < 4.78 is 7.43. The summed E-state index contributed by atoms with van der Waals surface area (Å²) in [6, 6.07) is 15.7. The number of aromatic nitrogens is 4. The molecule has 34 heavy (non-hydrogen) atoms. The van der Waals surface area contributed by atoms with Gasteiger partial charge in [0.05, 0.1) is 21.9 Å². The fourth-order valence-corrected chi connectivity index (χ4v) is 6.57. The SMILES string of the molecule is Cc1c(C)c(C)c2c(nc3n2c2cccc4c2c2n3c3ccccc3[n+]2C(C)(C)C4(C)C)c1C. The van der Waals surface area contributed by atoms with Gasteiger partial charge < -0.3 is 0 Å². The topological polar surface area (TPSA) is 25.6 Å². The molecule has 0 saturated heterocycles. The Labute approximate surface area is 199 Å². The molecule has 1 aliphatic rings. The Balaban J connectivity index is 1.95. The van der Waals surface area contributed by atoms with Crippen LogP contribution in [0, 0.1) is 27.7 Å². The van der Waals surface area contributed by atoms with Crippen molar-refractivity contribution < 1.29 is 4.57 Å². The number of nitrogens with zero attached hydrogens (tertiary/aromatic N) is 4. The minimum absolute atomic E-state index is 0.0592. The molecular formula is C30H31N4+. The maximum Gasteiger partial charge on any atom is 0.312 e. The predicted molar refractivity (Wildman–Crippen MR) is 140 cm³/mol. The number of benzene rings is 3. The molecule has 0 aliphatic carbocycles. The number of aryl methyl sites for hydroxylation is 2. The van der Waals surface area contributed by atoms with Crippen LogP contribution in [0.1, 0.15) is 55.5 Å². The quantitative estimate of drug-likeness (QED) is 0.241. The molecule has 0 spiro atoms. The fourth-order valence-electron chi connectivity index (χ4n) is 6.57. The molecule has 0 N–H and O–H groups in total. The third kappa shape index (κ3) is 1.92. The molecule has 0 saturated carbocycles. The summed E-state index contributed by atoms with van der Waals surface area (Å²) in [6.45, 7) is 18.5. The summed E-state index contributed by atoms with van der Waals surface area (Å²) in [4.78, 5) is 5.37. The highest BCUT2D eigenvalue weighted by molar-refractivity contribution is 6.03. The molecule has 0 bridgehead atoms. The molecule has 0 unspecified atom stereocenters. The number of fused-ring (bicyclic) bond motifs is 8. The normalized spacial score (nSPS) is 16.7. The summed E-state index contributed by atoms with van der Waals surface area (Å²) in [7, 11) is 0. The van der Waals surface area contributed by atoms with Gasteiger partial charge in [-0.3, -0.25) is 4.40 Å². The van der Waals surface area contributed by atoms with Crippen LogP contribution in [-0.4, -0.2) is 13.8 Å². The van der Waals surface area contributed by atoms with Gasteiger partial charge in [-0.2, -0.15) is 9.38 Å². The third-order valence-corrected chi connectivity index (χ3v) is 9.51. The van der Waals surface area contributed by atoms with Crippen LogP contribution >= 0.6 is 0 Å². The number of hydrogen-bond acceptors (Lipinski definition) is 1. The molecule has 170 valence electrons. The maximum atomic E-state index is 5.37. The molecule has 6 aromatic rings.